The van der Waals surface area contributed by atoms with Gasteiger partial charge in [0, 0.05) is 0 Å². The zero-order valence-corrected chi connectivity index (χ0v) is 33.7. The van der Waals surface area contributed by atoms with Gasteiger partial charge in [0.05, 0.1) is 23.5 Å². The highest BCUT2D eigenvalue weighted by Crippen LogP contribution is 2.77. The van der Waals surface area contributed by atoms with Crippen LogP contribution in [0.5, 0.6) is 0 Å². The zero-order valence-electron chi connectivity index (χ0n) is 33.7. The molecule has 0 aromatic carbocycles. The molecule has 15 heteroatoms. The molecule has 5 aliphatic carbocycles. The van der Waals surface area contributed by atoms with Crippen molar-refractivity contribution in [3.8, 4) is 0 Å². The highest BCUT2D eigenvalue weighted by Gasteiger charge is 2.73. The van der Waals surface area contributed by atoms with Crippen LogP contribution in [0, 0.1) is 56.7 Å². The highest BCUT2D eigenvalue weighted by atomic mass is 16.7. The smallest absolute Gasteiger partial charge is 0.335 e. The lowest BCUT2D eigenvalue weighted by Crippen LogP contribution is -2.68. The Morgan fingerprint density at radius 3 is 2.05 bits per heavy atom. The molecule has 15 nitrogen and oxygen atoms in total. The Kier molecular flexibility index (Phi) is 11.2. The number of ether oxygens (including phenoxy) is 4. The van der Waals surface area contributed by atoms with Crippen LogP contribution >= 0.6 is 0 Å². The van der Waals surface area contributed by atoms with E-state index in [-0.39, 0.29) is 45.8 Å². The summed E-state index contributed by atoms with van der Waals surface area (Å²) >= 11 is 0. The van der Waals surface area contributed by atoms with Gasteiger partial charge in [-0.15, -0.1) is 0 Å². The number of aldehydes is 1. The molecule has 2 aliphatic heterocycles. The minimum Gasteiger partial charge on any atom is -0.481 e. The van der Waals surface area contributed by atoms with Crippen molar-refractivity contribution in [2.45, 2.75) is 166 Å². The molecule has 7 fully saturated rings. The maximum absolute atomic E-state index is 13.5. The Morgan fingerprint density at radius 2 is 1.44 bits per heavy atom. The van der Waals surface area contributed by atoms with E-state index in [2.05, 4.69) is 27.4 Å². The van der Waals surface area contributed by atoms with Gasteiger partial charge in [-0.3, -0.25) is 4.79 Å². The maximum Gasteiger partial charge on any atom is 0.335 e. The minimum absolute atomic E-state index is 0.0301. The molecule has 0 amide bonds. The topological polar surface area (TPSA) is 250 Å². The number of carboxylic acid groups (broad SMARTS) is 2. The summed E-state index contributed by atoms with van der Waals surface area (Å²) in [6.45, 7) is 14.6. The lowest BCUT2D eigenvalue weighted by Gasteiger charge is -2.72. The summed E-state index contributed by atoms with van der Waals surface area (Å²) in [5.74, 6) is -1.77. The molecule has 3 unspecified atom stereocenters. The van der Waals surface area contributed by atoms with Gasteiger partial charge in [0.2, 0.25) is 0 Å². The van der Waals surface area contributed by atoms with Crippen molar-refractivity contribution in [1.29, 1.82) is 0 Å². The first-order valence-electron chi connectivity index (χ1n) is 20.9. The van der Waals surface area contributed by atoms with Crippen LogP contribution in [0.4, 0.5) is 0 Å². The molecule has 0 spiro atoms. The first-order chi connectivity index (χ1) is 26.7. The number of rotatable bonds is 9. The third-order valence-corrected chi connectivity index (χ3v) is 17.6. The van der Waals surface area contributed by atoms with Crippen molar-refractivity contribution in [1.82, 2.24) is 0 Å². The Labute approximate surface area is 333 Å². The number of hydrogen-bond acceptors (Lipinski definition) is 13. The van der Waals surface area contributed by atoms with Gasteiger partial charge in [-0.2, -0.15) is 0 Å². The zero-order chi connectivity index (χ0) is 41.8. The standard InChI is InChI=1S/C42H64O15/c1-19(2)20-9-14-42(37(52)53)16-15-40(5)21(26(20)42)7-8-24-38(3)12-11-25(39(4,18-44)23(38)10-13-41(24,40)6)55-36-31(49)32(30(48)33(57-36)34(50)51)56-35-29(47)28(46)27(45)22(17-43)54-35/h18,20-33,35-36,43,45-49H,1,7-17H2,2-6H3,(H,50,51)(H,52,53)/t20?,21-,22-,23?,24-,25+,26?,27-,28+,29-,30+,31-,32+,33+,35+,36-,38+,39+,40-,41-,42+/m1/s1. The first-order valence-corrected chi connectivity index (χ1v) is 20.9. The van der Waals surface area contributed by atoms with Gasteiger partial charge in [0.15, 0.2) is 18.7 Å². The molecule has 2 saturated heterocycles. The molecule has 7 rings (SSSR count). The number of carboxylic acids is 2. The summed E-state index contributed by atoms with van der Waals surface area (Å²) in [5, 5.41) is 84.0. The van der Waals surface area contributed by atoms with Crippen LogP contribution in [0.2, 0.25) is 0 Å². The second-order valence-corrected chi connectivity index (χ2v) is 19.8. The lowest BCUT2D eigenvalue weighted by atomic mass is 9.32. The summed E-state index contributed by atoms with van der Waals surface area (Å²) in [6.07, 6.45) is -10.4. The minimum atomic E-state index is -2.00. The third kappa shape index (κ3) is 6.14. The van der Waals surface area contributed by atoms with E-state index in [1.54, 1.807) is 0 Å². The van der Waals surface area contributed by atoms with Crippen molar-refractivity contribution < 1.29 is 74.2 Å². The second-order valence-electron chi connectivity index (χ2n) is 19.8. The van der Waals surface area contributed by atoms with Crippen LogP contribution in [-0.4, -0.2) is 133 Å². The van der Waals surface area contributed by atoms with E-state index in [0.717, 1.165) is 44.0 Å². The number of aliphatic carboxylic acids is 2. The fraction of sp³-hybridized carbons (Fsp3) is 0.881. The molecule has 8 N–H and O–H groups in total. The van der Waals surface area contributed by atoms with Gasteiger partial charge in [-0.05, 0) is 117 Å². The summed E-state index contributed by atoms with van der Waals surface area (Å²) in [7, 11) is 0. The van der Waals surface area contributed by atoms with Crippen molar-refractivity contribution in [3.05, 3.63) is 12.2 Å². The van der Waals surface area contributed by atoms with E-state index >= 15 is 0 Å². The molecule has 21 atom stereocenters. The number of aliphatic hydroxyl groups excluding tert-OH is 6. The maximum atomic E-state index is 13.5. The molecule has 2 heterocycles. The largest absolute Gasteiger partial charge is 0.481 e. The molecule has 0 radical (unpaired) electrons. The van der Waals surface area contributed by atoms with Gasteiger partial charge in [-0.1, -0.05) is 39.8 Å². The summed E-state index contributed by atoms with van der Waals surface area (Å²) in [5.41, 5.74) is -1.32. The average molecular weight is 809 g/mol. The summed E-state index contributed by atoms with van der Waals surface area (Å²) < 4.78 is 23.2. The van der Waals surface area contributed by atoms with E-state index in [4.69, 9.17) is 18.9 Å². The van der Waals surface area contributed by atoms with Crippen LogP contribution < -0.4 is 0 Å². The highest BCUT2D eigenvalue weighted by molar-refractivity contribution is 5.76. The molecular weight excluding hydrogens is 744 g/mol. The molecule has 0 bridgehead atoms. The molecular formula is C42H64O15. The normalized spacial score (nSPS) is 54.7. The Hall–Kier alpha value is -2.05. The Balaban J connectivity index is 1.13. The number of hydrogen-bond donors (Lipinski definition) is 8. The monoisotopic (exact) mass is 808 g/mol. The number of allylic oxidation sites excluding steroid dienone is 1. The SMILES string of the molecule is C=C(C)C1CC[C@]2(C(=O)O)CC[C@]3(C)[C@H](CC[C@@H]4[C@@]5(C)CC[C@H](O[C@@H]6O[C@H](C(=O)O)[C@@H](O)[C@H](O[C@@H]7O[C@H](CO)[C@@H](O)[C@H](O)[C@H]7O)[C@H]6O)[C@@](C)(C=O)C5CC[C@]43C)C12. The summed E-state index contributed by atoms with van der Waals surface area (Å²) in [6, 6.07) is 0. The average Bonchev–Trinajstić information content (AvgIpc) is 3.57. The van der Waals surface area contributed by atoms with Crippen molar-refractivity contribution in [3.63, 3.8) is 0 Å². The van der Waals surface area contributed by atoms with Crippen molar-refractivity contribution in [2.24, 2.45) is 56.7 Å². The molecule has 322 valence electrons. The fourth-order valence-electron chi connectivity index (χ4n) is 14.4. The quantitative estimate of drug-likeness (QED) is 0.0943. The summed E-state index contributed by atoms with van der Waals surface area (Å²) in [4.78, 5) is 38.8. The molecule has 7 aliphatic rings. The number of carbonyl (C=O) groups excluding carboxylic acids is 1. The van der Waals surface area contributed by atoms with Gasteiger partial charge in [0.1, 0.15) is 49.0 Å². The van der Waals surface area contributed by atoms with Crippen LogP contribution in [0.15, 0.2) is 12.2 Å². The number of fused-ring (bicyclic) bond motifs is 7. The van der Waals surface area contributed by atoms with Crippen LogP contribution in [-0.2, 0) is 33.3 Å². The Morgan fingerprint density at radius 1 is 0.754 bits per heavy atom. The van der Waals surface area contributed by atoms with Gasteiger partial charge in [0.25, 0.3) is 0 Å². The van der Waals surface area contributed by atoms with Crippen LogP contribution in [0.25, 0.3) is 0 Å². The van der Waals surface area contributed by atoms with Crippen LogP contribution in [0.1, 0.15) is 98.8 Å². The fourth-order valence-corrected chi connectivity index (χ4v) is 14.4. The Bertz CT molecular complexity index is 1590. The predicted molar refractivity (Wildman–Crippen MR) is 199 cm³/mol. The van der Waals surface area contributed by atoms with E-state index in [0.29, 0.717) is 32.1 Å². The third-order valence-electron chi connectivity index (χ3n) is 17.6. The second kappa shape index (κ2) is 14.8. The molecule has 0 aromatic heterocycles. The van der Waals surface area contributed by atoms with E-state index in [1.807, 2.05) is 13.8 Å². The number of aliphatic hydroxyl groups is 6. The van der Waals surface area contributed by atoms with E-state index in [1.165, 1.54) is 0 Å². The molecule has 5 saturated carbocycles. The molecule has 57 heavy (non-hydrogen) atoms. The van der Waals surface area contributed by atoms with E-state index < -0.39 is 96.9 Å². The lowest BCUT2D eigenvalue weighted by molar-refractivity contribution is -0.365. The number of carbonyl (C=O) groups is 3. The predicted octanol–water partition coefficient (Wildman–Crippen LogP) is 2.01. The van der Waals surface area contributed by atoms with Crippen molar-refractivity contribution >= 4 is 18.2 Å². The van der Waals surface area contributed by atoms with Crippen molar-refractivity contribution in [2.75, 3.05) is 6.61 Å². The molecule has 0 aromatic rings. The van der Waals surface area contributed by atoms with Gasteiger partial charge < -0.3 is 64.6 Å². The van der Waals surface area contributed by atoms with Gasteiger partial charge in [-0.25, -0.2) is 4.79 Å². The van der Waals surface area contributed by atoms with Gasteiger partial charge >= 0.3 is 11.9 Å². The van der Waals surface area contributed by atoms with E-state index in [9.17, 15) is 55.2 Å². The van der Waals surface area contributed by atoms with Crippen LogP contribution in [0.3, 0.4) is 0 Å². The first kappa shape index (κ1) is 43.1.